The minimum Gasteiger partial charge on any atom is -0.504 e. The van der Waals surface area contributed by atoms with Crippen LogP contribution < -0.4 is 4.74 Å². The first-order valence-electron chi connectivity index (χ1n) is 19.7. The van der Waals surface area contributed by atoms with Gasteiger partial charge in [-0.15, -0.1) is 0 Å². The molecule has 2 aromatic rings. The Labute approximate surface area is 371 Å². The van der Waals surface area contributed by atoms with Gasteiger partial charge in [-0.3, -0.25) is 9.59 Å². The smallest absolute Gasteiger partial charge is 0.338 e. The second-order valence-corrected chi connectivity index (χ2v) is 15.7. The van der Waals surface area contributed by atoms with Crippen LogP contribution in [0.3, 0.4) is 0 Å². The van der Waals surface area contributed by atoms with Gasteiger partial charge >= 0.3 is 35.8 Å². The number of benzene rings is 2. The number of phenolic OH excluding ortho intramolecular Hbond substituents is 3. The van der Waals surface area contributed by atoms with Crippen molar-refractivity contribution in [3.8, 4) is 23.0 Å². The zero-order valence-corrected chi connectivity index (χ0v) is 34.1. The molecule has 0 bridgehead atoms. The molecule has 1 aliphatic heterocycles. The van der Waals surface area contributed by atoms with Gasteiger partial charge in [-0.1, -0.05) is 12.1 Å². The summed E-state index contributed by atoms with van der Waals surface area (Å²) >= 11 is 0. The van der Waals surface area contributed by atoms with Gasteiger partial charge in [-0.2, -0.15) is 0 Å². The average molecular weight is 939 g/mol. The first-order valence-corrected chi connectivity index (χ1v) is 19.7. The van der Waals surface area contributed by atoms with Gasteiger partial charge in [0.2, 0.25) is 6.29 Å². The van der Waals surface area contributed by atoms with Gasteiger partial charge in [-0.25, -0.2) is 19.2 Å². The van der Waals surface area contributed by atoms with Crippen LogP contribution in [-0.4, -0.2) is 187 Å². The SMILES string of the molecule is O=C(O)CC(=O)OC1CC(O)(C(=O)O)CC(OC(=O)C=Cc2ccc(OC3OC(COC(=O)C4(O)CC(O)C(O)C(OC(=O)C=Cc5ccc(O)c(O)c5)C4)C(O)C(O)C3O)c(O)c2)C1O. The van der Waals surface area contributed by atoms with E-state index in [2.05, 4.69) is 0 Å². The summed E-state index contributed by atoms with van der Waals surface area (Å²) in [6, 6.07) is 6.99. The molecule has 1 heterocycles. The molecule has 0 aromatic heterocycles. The quantitative estimate of drug-likeness (QED) is 0.0273. The van der Waals surface area contributed by atoms with Crippen LogP contribution in [0.25, 0.3) is 12.2 Å². The van der Waals surface area contributed by atoms with Crippen LogP contribution in [0.2, 0.25) is 0 Å². The Hall–Kier alpha value is -6.42. The molecule has 5 rings (SSSR count). The number of carboxylic acid groups (broad SMARTS) is 2. The topological polar surface area (TPSA) is 421 Å². The number of esters is 4. The zero-order valence-electron chi connectivity index (χ0n) is 34.1. The van der Waals surface area contributed by atoms with Crippen LogP contribution in [0.15, 0.2) is 48.6 Å². The molecular formula is C41H46O25. The molecule has 25 nitrogen and oxygen atoms in total. The van der Waals surface area contributed by atoms with E-state index in [1.54, 1.807) is 0 Å². The first-order chi connectivity index (χ1) is 30.9. The van der Waals surface area contributed by atoms with Crippen molar-refractivity contribution in [3.63, 3.8) is 0 Å². The standard InChI is InChI=1S/C41H46O25/c42-19-5-1-17(9-20(19)43)3-7-29(48)62-24-15-41(60,12-22(45)32(24)51)39(58)61-16-27-34(53)35(54)36(55)37(66-27)65-23-6-2-18(10-21(23)44)4-8-30(49)63-25-13-40(59,38(56)57)14-26(33(25)52)64-31(50)11-28(46)47/h1-10,22,24-27,32-37,42-45,51-55,59-60H,11-16H2,(H,46,47)(H,56,57). The lowest BCUT2D eigenvalue weighted by molar-refractivity contribution is -0.280. The van der Waals surface area contributed by atoms with Crippen molar-refractivity contribution in [1.29, 1.82) is 0 Å². The summed E-state index contributed by atoms with van der Waals surface area (Å²) in [5.74, 6) is -10.5. The molecule has 13 N–H and O–H groups in total. The van der Waals surface area contributed by atoms with E-state index in [1.807, 2.05) is 0 Å². The lowest BCUT2D eigenvalue weighted by Gasteiger charge is -2.41. The van der Waals surface area contributed by atoms with Crippen molar-refractivity contribution < 1.29 is 124 Å². The Kier molecular flexibility index (Phi) is 16.0. The molecule has 25 heteroatoms. The van der Waals surface area contributed by atoms with Crippen molar-refractivity contribution in [1.82, 2.24) is 0 Å². The second kappa shape index (κ2) is 20.8. The van der Waals surface area contributed by atoms with E-state index in [0.29, 0.717) is 0 Å². The van der Waals surface area contributed by atoms with Gasteiger partial charge in [0.05, 0.1) is 6.10 Å². The summed E-state index contributed by atoms with van der Waals surface area (Å²) in [6.07, 6.45) is -20.7. The van der Waals surface area contributed by atoms with Gasteiger partial charge < -0.3 is 94.8 Å². The largest absolute Gasteiger partial charge is 0.504 e. The first kappa shape index (κ1) is 50.6. The molecule has 1 saturated heterocycles. The van der Waals surface area contributed by atoms with E-state index >= 15 is 0 Å². The van der Waals surface area contributed by atoms with E-state index < -0.39 is 176 Å². The number of aliphatic hydroxyl groups is 8. The van der Waals surface area contributed by atoms with Crippen molar-refractivity contribution in [3.05, 3.63) is 59.7 Å². The summed E-state index contributed by atoms with van der Waals surface area (Å²) in [4.78, 5) is 72.8. The van der Waals surface area contributed by atoms with Crippen molar-refractivity contribution >= 4 is 48.0 Å². The summed E-state index contributed by atoms with van der Waals surface area (Å²) in [5.41, 5.74) is -4.90. The van der Waals surface area contributed by atoms with Gasteiger partial charge in [0.25, 0.3) is 0 Å². The number of hydrogen-bond donors (Lipinski definition) is 13. The maximum atomic E-state index is 13.2. The second-order valence-electron chi connectivity index (χ2n) is 15.7. The lowest BCUT2D eigenvalue weighted by atomic mass is 9.79. The number of hydrogen-bond acceptors (Lipinski definition) is 23. The van der Waals surface area contributed by atoms with Crippen molar-refractivity contribution in [2.24, 2.45) is 0 Å². The van der Waals surface area contributed by atoms with E-state index in [9.17, 15) is 90.0 Å². The lowest BCUT2D eigenvalue weighted by Crippen LogP contribution is -2.61. The Bertz CT molecular complexity index is 2210. The highest BCUT2D eigenvalue weighted by Gasteiger charge is 2.54. The zero-order chi connectivity index (χ0) is 48.8. The van der Waals surface area contributed by atoms with Crippen molar-refractivity contribution in [2.75, 3.05) is 6.61 Å². The molecule has 66 heavy (non-hydrogen) atoms. The van der Waals surface area contributed by atoms with E-state index in [-0.39, 0.29) is 11.1 Å². The number of rotatable bonds is 15. The van der Waals surface area contributed by atoms with Gasteiger partial charge in [0, 0.05) is 37.8 Å². The van der Waals surface area contributed by atoms with E-state index in [1.165, 1.54) is 18.2 Å². The maximum absolute atomic E-state index is 13.2. The third-order valence-electron chi connectivity index (χ3n) is 10.7. The number of aliphatic hydroxyl groups excluding tert-OH is 6. The van der Waals surface area contributed by atoms with Crippen LogP contribution >= 0.6 is 0 Å². The normalized spacial score (nSPS) is 32.3. The minimum atomic E-state index is -2.65. The van der Waals surface area contributed by atoms with Gasteiger partial charge in [0.15, 0.2) is 34.2 Å². The third kappa shape index (κ3) is 12.3. The molecule has 0 radical (unpaired) electrons. The Morgan fingerprint density at radius 3 is 1.74 bits per heavy atom. The van der Waals surface area contributed by atoms with Gasteiger partial charge in [-0.05, 0) is 47.5 Å². The summed E-state index contributed by atoms with van der Waals surface area (Å²) in [6.45, 7) is -0.924. The van der Waals surface area contributed by atoms with Crippen LogP contribution in [0.1, 0.15) is 43.2 Å². The number of carboxylic acids is 2. The predicted molar refractivity (Wildman–Crippen MR) is 210 cm³/mol. The predicted octanol–water partition coefficient (Wildman–Crippen LogP) is -3.31. The van der Waals surface area contributed by atoms with E-state index in [0.717, 1.165) is 42.5 Å². The van der Waals surface area contributed by atoms with Crippen LogP contribution in [-0.2, 0) is 52.5 Å². The number of carbonyl (C=O) groups excluding carboxylic acids is 4. The molecular weight excluding hydrogens is 892 g/mol. The molecule has 360 valence electrons. The minimum absolute atomic E-state index is 0.0795. The summed E-state index contributed by atoms with van der Waals surface area (Å²) in [7, 11) is 0. The molecule has 3 fully saturated rings. The molecule has 2 aromatic carbocycles. The Morgan fingerprint density at radius 1 is 0.636 bits per heavy atom. The van der Waals surface area contributed by atoms with Crippen molar-refractivity contribution in [2.45, 2.75) is 111 Å². The number of aromatic hydroxyl groups is 3. The molecule has 0 amide bonds. The molecule has 3 aliphatic rings. The average Bonchev–Trinajstić information content (AvgIpc) is 3.24. The monoisotopic (exact) mass is 938 g/mol. The maximum Gasteiger partial charge on any atom is 0.338 e. The number of phenols is 3. The molecule has 13 atom stereocenters. The molecule has 2 saturated carbocycles. The molecule has 2 aliphatic carbocycles. The summed E-state index contributed by atoms with van der Waals surface area (Å²) in [5, 5.41) is 133. The van der Waals surface area contributed by atoms with E-state index in [4.69, 9.17) is 33.5 Å². The number of aliphatic carboxylic acids is 2. The Morgan fingerprint density at radius 2 is 1.18 bits per heavy atom. The molecule has 13 unspecified atom stereocenters. The van der Waals surface area contributed by atoms with Crippen LogP contribution in [0.4, 0.5) is 0 Å². The summed E-state index contributed by atoms with van der Waals surface area (Å²) < 4.78 is 31.2. The fourth-order valence-corrected chi connectivity index (χ4v) is 7.15. The highest BCUT2D eigenvalue weighted by Crippen LogP contribution is 2.36. The van der Waals surface area contributed by atoms with Crippen LogP contribution in [0, 0.1) is 0 Å². The Balaban J connectivity index is 1.17. The molecule has 0 spiro atoms. The van der Waals surface area contributed by atoms with Crippen LogP contribution in [0.5, 0.6) is 23.0 Å². The third-order valence-corrected chi connectivity index (χ3v) is 10.7. The highest BCUT2D eigenvalue weighted by atomic mass is 16.7. The fourth-order valence-electron chi connectivity index (χ4n) is 7.15. The highest BCUT2D eigenvalue weighted by molar-refractivity contribution is 5.90. The number of ether oxygens (including phenoxy) is 6. The van der Waals surface area contributed by atoms with Gasteiger partial charge in [0.1, 0.15) is 68.0 Å². The number of carbonyl (C=O) groups is 6. The fraction of sp³-hybridized carbons (Fsp3) is 0.463.